The molecular formula is C20H30N2O17. The second kappa shape index (κ2) is 21.0. The first-order chi connectivity index (χ1) is 17.9. The van der Waals surface area contributed by atoms with E-state index in [1.54, 1.807) is 6.92 Å². The molecule has 0 aromatic rings. The fourth-order valence-corrected chi connectivity index (χ4v) is 2.11. The molecule has 2 saturated heterocycles. The molecule has 0 unspecified atom stereocenters. The van der Waals surface area contributed by atoms with Crippen LogP contribution in [0.15, 0.2) is 0 Å². The topological polar surface area (TPSA) is 270 Å². The fraction of sp³-hybridized carbons (Fsp3) is 0.600. The SMILES string of the molecule is CCOCC(=O)OCC(=O)O.COCOCC(=O)OCC(=O)ON1C(=O)CCC1=O.O.O=C1CCC(=O)N1O. The molecule has 0 atom stereocenters. The molecule has 39 heavy (non-hydrogen) atoms. The second-order valence-electron chi connectivity index (χ2n) is 6.75. The molecule has 2 aliphatic heterocycles. The van der Waals surface area contributed by atoms with Crippen LogP contribution in [0.1, 0.15) is 32.6 Å². The summed E-state index contributed by atoms with van der Waals surface area (Å²) >= 11 is 0. The average molecular weight is 570 g/mol. The summed E-state index contributed by atoms with van der Waals surface area (Å²) < 4.78 is 22.6. The van der Waals surface area contributed by atoms with E-state index >= 15 is 0 Å². The third-order valence-electron chi connectivity index (χ3n) is 3.78. The number of hydrogen-bond donors (Lipinski definition) is 2. The van der Waals surface area contributed by atoms with E-state index in [0.717, 1.165) is 0 Å². The number of nitrogens with zero attached hydrogens (tertiary/aromatic N) is 2. The summed E-state index contributed by atoms with van der Waals surface area (Å²) in [5.41, 5.74) is 0. The van der Waals surface area contributed by atoms with Crippen LogP contribution in [-0.2, 0) is 66.9 Å². The van der Waals surface area contributed by atoms with Crippen molar-refractivity contribution in [2.24, 2.45) is 0 Å². The normalized spacial score (nSPS) is 13.9. The summed E-state index contributed by atoms with van der Waals surface area (Å²) in [5.74, 6) is -5.87. The van der Waals surface area contributed by atoms with Crippen LogP contribution in [0, 0.1) is 0 Å². The second-order valence-corrected chi connectivity index (χ2v) is 6.75. The smallest absolute Gasteiger partial charge is 0.370 e. The standard InChI is InChI=1S/C10H13NO8.C6H10O5.C4H5NO3.H2O/c1-16-6-17-4-9(14)18-5-10(15)19-11-7(12)2-3-8(11)13;1-2-10-4-6(9)11-3-5(7)8;6-3-1-2-4(7)5(3)8;/h2-6H2,1H3;2-4H2,1H3,(H,7,8);8H,1-2H2;1H2. The lowest BCUT2D eigenvalue weighted by Crippen LogP contribution is -2.34. The van der Waals surface area contributed by atoms with Crippen LogP contribution in [0.3, 0.4) is 0 Å². The lowest BCUT2D eigenvalue weighted by molar-refractivity contribution is -0.201. The Hall–Kier alpha value is -4.04. The number of methoxy groups -OCH3 is 1. The number of carbonyl (C=O) groups is 8. The Morgan fingerprint density at radius 3 is 1.62 bits per heavy atom. The zero-order valence-electron chi connectivity index (χ0n) is 21.1. The van der Waals surface area contributed by atoms with Crippen LogP contribution in [0.5, 0.6) is 0 Å². The van der Waals surface area contributed by atoms with Gasteiger partial charge in [-0.1, -0.05) is 0 Å². The van der Waals surface area contributed by atoms with Gasteiger partial charge in [0, 0.05) is 39.4 Å². The molecule has 4 N–H and O–H groups in total. The lowest BCUT2D eigenvalue weighted by Gasteiger charge is -2.12. The first-order valence-corrected chi connectivity index (χ1v) is 10.7. The molecular weight excluding hydrogens is 540 g/mol. The Morgan fingerprint density at radius 1 is 0.744 bits per heavy atom. The first kappa shape index (κ1) is 37.1. The molecule has 0 saturated carbocycles. The third kappa shape index (κ3) is 17.2. The van der Waals surface area contributed by atoms with Crippen LogP contribution in [0.25, 0.3) is 0 Å². The number of imide groups is 2. The number of carboxylic acid groups (broad SMARTS) is 1. The number of carboxylic acids is 1. The summed E-state index contributed by atoms with van der Waals surface area (Å²) in [5, 5.41) is 17.0. The Bertz CT molecular complexity index is 842. The fourth-order valence-electron chi connectivity index (χ4n) is 2.11. The van der Waals surface area contributed by atoms with Crippen molar-refractivity contribution >= 4 is 47.5 Å². The Kier molecular flexibility index (Phi) is 19.9. The maximum atomic E-state index is 11.2. The van der Waals surface area contributed by atoms with E-state index < -0.39 is 60.7 Å². The molecule has 19 nitrogen and oxygen atoms in total. The summed E-state index contributed by atoms with van der Waals surface area (Å²) in [7, 11) is 1.38. The van der Waals surface area contributed by atoms with Gasteiger partial charge in [0.25, 0.3) is 23.6 Å². The molecule has 2 heterocycles. The maximum absolute atomic E-state index is 11.2. The van der Waals surface area contributed by atoms with E-state index in [1.165, 1.54) is 7.11 Å². The molecule has 4 amide bonds. The number of hydroxylamine groups is 4. The van der Waals surface area contributed by atoms with Crippen molar-refractivity contribution < 1.29 is 82.7 Å². The van der Waals surface area contributed by atoms with Gasteiger partial charge in [0.2, 0.25) is 0 Å². The maximum Gasteiger partial charge on any atom is 0.370 e. The van der Waals surface area contributed by atoms with Crippen molar-refractivity contribution in [1.82, 2.24) is 10.1 Å². The largest absolute Gasteiger partial charge is 0.479 e. The summed E-state index contributed by atoms with van der Waals surface area (Å²) in [4.78, 5) is 89.8. The van der Waals surface area contributed by atoms with Crippen LogP contribution in [0.2, 0.25) is 0 Å². The number of rotatable bonds is 12. The summed E-state index contributed by atoms with van der Waals surface area (Å²) in [6.07, 6.45) is 0.290. The minimum atomic E-state index is -1.17. The van der Waals surface area contributed by atoms with E-state index in [-0.39, 0.29) is 56.2 Å². The molecule has 2 rings (SSSR count). The van der Waals surface area contributed by atoms with Gasteiger partial charge in [-0.05, 0) is 6.92 Å². The van der Waals surface area contributed by atoms with Crippen LogP contribution in [-0.4, -0.2) is 120 Å². The van der Waals surface area contributed by atoms with Crippen LogP contribution in [0.4, 0.5) is 0 Å². The molecule has 0 aliphatic carbocycles. The highest BCUT2D eigenvalue weighted by atomic mass is 16.7. The number of aliphatic carboxylic acids is 1. The van der Waals surface area contributed by atoms with Gasteiger partial charge in [-0.2, -0.15) is 5.06 Å². The molecule has 0 aromatic heterocycles. The highest BCUT2D eigenvalue weighted by Crippen LogP contribution is 2.12. The van der Waals surface area contributed by atoms with E-state index in [2.05, 4.69) is 28.5 Å². The van der Waals surface area contributed by atoms with Crippen LogP contribution < -0.4 is 0 Å². The number of amides is 4. The quantitative estimate of drug-likeness (QED) is 0.0783. The molecule has 0 bridgehead atoms. The van der Waals surface area contributed by atoms with E-state index in [4.69, 9.17) is 10.3 Å². The van der Waals surface area contributed by atoms with Crippen molar-refractivity contribution in [2.45, 2.75) is 32.6 Å². The van der Waals surface area contributed by atoms with Gasteiger partial charge in [0.15, 0.2) is 13.2 Å². The molecule has 19 heteroatoms. The lowest BCUT2D eigenvalue weighted by atomic mass is 10.4. The first-order valence-electron chi connectivity index (χ1n) is 10.7. The van der Waals surface area contributed by atoms with Gasteiger partial charge in [0.1, 0.15) is 20.0 Å². The van der Waals surface area contributed by atoms with Gasteiger partial charge in [-0.15, -0.1) is 5.06 Å². The van der Waals surface area contributed by atoms with E-state index in [0.29, 0.717) is 11.7 Å². The van der Waals surface area contributed by atoms with Gasteiger partial charge < -0.3 is 39.1 Å². The zero-order valence-corrected chi connectivity index (χ0v) is 21.1. The van der Waals surface area contributed by atoms with Crippen molar-refractivity contribution in [3.05, 3.63) is 0 Å². The highest BCUT2D eigenvalue weighted by molar-refractivity contribution is 6.01. The zero-order chi connectivity index (χ0) is 29.1. The van der Waals surface area contributed by atoms with Gasteiger partial charge in [-0.25, -0.2) is 19.2 Å². The van der Waals surface area contributed by atoms with Crippen molar-refractivity contribution in [2.75, 3.05) is 46.9 Å². The summed E-state index contributed by atoms with van der Waals surface area (Å²) in [6, 6.07) is 0. The molecule has 0 radical (unpaired) electrons. The van der Waals surface area contributed by atoms with Crippen molar-refractivity contribution in [3.63, 3.8) is 0 Å². The average Bonchev–Trinajstić information content (AvgIpc) is 3.35. The molecule has 0 aromatic carbocycles. The number of ether oxygens (including phenoxy) is 5. The minimum Gasteiger partial charge on any atom is -0.479 e. The number of hydrogen-bond acceptors (Lipinski definition) is 15. The minimum absolute atomic E-state index is 0. The molecule has 2 aliphatic rings. The van der Waals surface area contributed by atoms with Crippen LogP contribution >= 0.6 is 0 Å². The monoisotopic (exact) mass is 570 g/mol. The van der Waals surface area contributed by atoms with E-state index in [9.17, 15) is 38.4 Å². The van der Waals surface area contributed by atoms with Gasteiger partial charge >= 0.3 is 23.9 Å². The highest BCUT2D eigenvalue weighted by Gasteiger charge is 2.33. The predicted molar refractivity (Wildman–Crippen MR) is 118 cm³/mol. The summed E-state index contributed by atoms with van der Waals surface area (Å²) in [6.45, 7) is 0.146. The number of esters is 2. The molecule has 2 fully saturated rings. The molecule has 0 spiro atoms. The van der Waals surface area contributed by atoms with Crippen molar-refractivity contribution in [1.29, 1.82) is 0 Å². The van der Waals surface area contributed by atoms with E-state index in [1.807, 2.05) is 0 Å². The Morgan fingerprint density at radius 2 is 1.21 bits per heavy atom. The number of carbonyl (C=O) groups excluding carboxylic acids is 7. The predicted octanol–water partition coefficient (Wildman–Crippen LogP) is -2.89. The Labute approximate surface area is 220 Å². The van der Waals surface area contributed by atoms with Gasteiger partial charge in [-0.3, -0.25) is 24.4 Å². The molecule has 222 valence electrons. The van der Waals surface area contributed by atoms with Crippen molar-refractivity contribution in [3.8, 4) is 0 Å². The third-order valence-corrected chi connectivity index (χ3v) is 3.78. The Balaban J connectivity index is 0. The van der Waals surface area contributed by atoms with Gasteiger partial charge in [0.05, 0.1) is 0 Å².